The second-order valence-corrected chi connectivity index (χ2v) is 5.00. The van der Waals surface area contributed by atoms with Crippen molar-refractivity contribution >= 4 is 17.6 Å². The molecule has 1 aromatic heterocycles. The van der Waals surface area contributed by atoms with Gasteiger partial charge >= 0.3 is 5.97 Å². The molecule has 0 radical (unpaired) electrons. The Labute approximate surface area is 117 Å². The van der Waals surface area contributed by atoms with Crippen LogP contribution >= 0.6 is 11.6 Å². The van der Waals surface area contributed by atoms with Crippen LogP contribution in [0.1, 0.15) is 34.8 Å². The molecule has 1 heterocycles. The lowest BCUT2D eigenvalue weighted by Gasteiger charge is -2.04. The number of hydrogen-bond acceptors (Lipinski definition) is 2. The Morgan fingerprint density at radius 3 is 2.65 bits per heavy atom. The zero-order chi connectivity index (χ0) is 14.4. The summed E-state index contributed by atoms with van der Waals surface area (Å²) in [7, 11) is 0. The quantitative estimate of drug-likeness (QED) is 0.945. The fourth-order valence-electron chi connectivity index (χ4n) is 2.07. The van der Waals surface area contributed by atoms with Crippen molar-refractivity contribution in [3.8, 4) is 5.69 Å². The van der Waals surface area contributed by atoms with E-state index in [-0.39, 0.29) is 22.3 Å². The molecule has 104 valence electrons. The highest BCUT2D eigenvalue weighted by molar-refractivity contribution is 6.33. The van der Waals surface area contributed by atoms with E-state index in [4.69, 9.17) is 11.6 Å². The van der Waals surface area contributed by atoms with Crippen molar-refractivity contribution in [2.45, 2.75) is 18.8 Å². The SMILES string of the molecule is O=C(O)c1c(C2CC2)nn(-c2ccc(F)cc2F)c1Cl. The van der Waals surface area contributed by atoms with E-state index in [0.29, 0.717) is 11.8 Å². The van der Waals surface area contributed by atoms with E-state index in [1.807, 2.05) is 0 Å². The maximum absolute atomic E-state index is 13.8. The molecule has 3 rings (SSSR count). The van der Waals surface area contributed by atoms with Crippen LogP contribution in [0, 0.1) is 11.6 Å². The molecule has 1 saturated carbocycles. The van der Waals surface area contributed by atoms with Gasteiger partial charge in [-0.1, -0.05) is 11.6 Å². The summed E-state index contributed by atoms with van der Waals surface area (Å²) in [4.78, 5) is 11.3. The second-order valence-electron chi connectivity index (χ2n) is 4.64. The molecule has 2 aromatic rings. The van der Waals surface area contributed by atoms with E-state index in [9.17, 15) is 18.7 Å². The lowest BCUT2D eigenvalue weighted by atomic mass is 10.2. The van der Waals surface area contributed by atoms with Gasteiger partial charge < -0.3 is 5.11 Å². The summed E-state index contributed by atoms with van der Waals surface area (Å²) < 4.78 is 27.7. The Bertz CT molecular complexity index is 711. The topological polar surface area (TPSA) is 55.1 Å². The summed E-state index contributed by atoms with van der Waals surface area (Å²) in [6.45, 7) is 0. The third-order valence-corrected chi connectivity index (χ3v) is 3.52. The van der Waals surface area contributed by atoms with E-state index in [2.05, 4.69) is 5.10 Å². The molecule has 7 heteroatoms. The fraction of sp³-hybridized carbons (Fsp3) is 0.231. The average molecular weight is 299 g/mol. The van der Waals surface area contributed by atoms with E-state index >= 15 is 0 Å². The molecular formula is C13H9ClF2N2O2. The summed E-state index contributed by atoms with van der Waals surface area (Å²) in [5.74, 6) is -2.74. The summed E-state index contributed by atoms with van der Waals surface area (Å²) in [6, 6.07) is 2.93. The Balaban J connectivity index is 2.19. The minimum Gasteiger partial charge on any atom is -0.478 e. The smallest absolute Gasteiger partial charge is 0.340 e. The predicted octanol–water partition coefficient (Wildman–Crippen LogP) is 3.38. The van der Waals surface area contributed by atoms with Gasteiger partial charge in [-0.15, -0.1) is 0 Å². The minimum atomic E-state index is -1.20. The molecule has 0 saturated heterocycles. The first-order chi connectivity index (χ1) is 9.49. The normalized spacial score (nSPS) is 14.6. The number of hydrogen-bond donors (Lipinski definition) is 1. The van der Waals surface area contributed by atoms with Crippen LogP contribution in [-0.4, -0.2) is 20.9 Å². The van der Waals surface area contributed by atoms with Crippen LogP contribution in [0.25, 0.3) is 5.69 Å². The first-order valence-corrected chi connectivity index (χ1v) is 6.34. The van der Waals surface area contributed by atoms with Crippen molar-refractivity contribution < 1.29 is 18.7 Å². The lowest BCUT2D eigenvalue weighted by Crippen LogP contribution is -2.01. The van der Waals surface area contributed by atoms with Crippen molar-refractivity contribution in [3.63, 3.8) is 0 Å². The molecule has 0 unspecified atom stereocenters. The van der Waals surface area contributed by atoms with E-state index in [1.165, 1.54) is 6.07 Å². The largest absolute Gasteiger partial charge is 0.478 e. The molecule has 1 aliphatic carbocycles. The molecule has 0 aliphatic heterocycles. The van der Waals surface area contributed by atoms with E-state index in [1.54, 1.807) is 0 Å². The molecule has 0 atom stereocenters. The summed E-state index contributed by atoms with van der Waals surface area (Å²) in [5.41, 5.74) is 0.162. The Morgan fingerprint density at radius 1 is 1.40 bits per heavy atom. The van der Waals surface area contributed by atoms with Gasteiger partial charge in [0.05, 0.1) is 5.69 Å². The summed E-state index contributed by atoms with van der Waals surface area (Å²) in [5, 5.41) is 13.1. The standard InChI is InChI=1S/C13H9ClF2N2O2/c14-12-10(13(19)20)11(6-1-2-6)17-18(12)9-4-3-7(15)5-8(9)16/h3-6H,1-2H2,(H,19,20). The molecule has 1 fully saturated rings. The number of benzene rings is 1. The van der Waals surface area contributed by atoms with Crippen molar-refractivity contribution in [2.75, 3.05) is 0 Å². The summed E-state index contributed by atoms with van der Waals surface area (Å²) >= 11 is 6.00. The predicted molar refractivity (Wildman–Crippen MR) is 67.4 cm³/mol. The van der Waals surface area contributed by atoms with Gasteiger partial charge in [0.2, 0.25) is 0 Å². The van der Waals surface area contributed by atoms with E-state index < -0.39 is 17.6 Å². The molecule has 1 aliphatic rings. The molecule has 4 nitrogen and oxygen atoms in total. The number of rotatable bonds is 3. The van der Waals surface area contributed by atoms with Crippen LogP contribution in [0.5, 0.6) is 0 Å². The molecule has 20 heavy (non-hydrogen) atoms. The van der Waals surface area contributed by atoms with Crippen LogP contribution in [0.3, 0.4) is 0 Å². The number of carbonyl (C=O) groups is 1. The van der Waals surface area contributed by atoms with Gasteiger partial charge in [0.25, 0.3) is 0 Å². The zero-order valence-corrected chi connectivity index (χ0v) is 10.9. The van der Waals surface area contributed by atoms with Crippen LogP contribution in [0.15, 0.2) is 18.2 Å². The highest BCUT2D eigenvalue weighted by Crippen LogP contribution is 2.43. The van der Waals surface area contributed by atoms with E-state index in [0.717, 1.165) is 23.6 Å². The molecule has 0 spiro atoms. The average Bonchev–Trinajstić information content (AvgIpc) is 3.14. The Morgan fingerprint density at radius 2 is 2.10 bits per heavy atom. The van der Waals surface area contributed by atoms with Gasteiger partial charge in [-0.05, 0) is 25.0 Å². The second kappa shape index (κ2) is 4.56. The number of carboxylic acid groups (broad SMARTS) is 1. The Kier molecular flexibility index (Phi) is 2.97. The number of aromatic nitrogens is 2. The minimum absolute atomic E-state index is 0.0448. The monoisotopic (exact) mass is 298 g/mol. The van der Waals surface area contributed by atoms with Crippen molar-refractivity contribution in [1.82, 2.24) is 9.78 Å². The lowest BCUT2D eigenvalue weighted by molar-refractivity contribution is 0.0696. The highest BCUT2D eigenvalue weighted by atomic mass is 35.5. The maximum Gasteiger partial charge on any atom is 0.340 e. The maximum atomic E-state index is 13.8. The fourth-order valence-corrected chi connectivity index (χ4v) is 2.37. The zero-order valence-electron chi connectivity index (χ0n) is 10.1. The van der Waals surface area contributed by atoms with Crippen molar-refractivity contribution in [1.29, 1.82) is 0 Å². The van der Waals surface area contributed by atoms with Crippen molar-refractivity contribution in [3.05, 3.63) is 46.2 Å². The first-order valence-electron chi connectivity index (χ1n) is 5.96. The van der Waals surface area contributed by atoms with Gasteiger partial charge in [0, 0.05) is 12.0 Å². The molecule has 1 aromatic carbocycles. The first kappa shape index (κ1) is 13.1. The van der Waals surface area contributed by atoms with Crippen LogP contribution in [0.4, 0.5) is 8.78 Å². The van der Waals surface area contributed by atoms with Gasteiger partial charge in [-0.25, -0.2) is 18.3 Å². The molecule has 1 N–H and O–H groups in total. The molecular weight excluding hydrogens is 290 g/mol. The third-order valence-electron chi connectivity index (χ3n) is 3.17. The number of carboxylic acids is 1. The number of halogens is 3. The van der Waals surface area contributed by atoms with Crippen LogP contribution < -0.4 is 0 Å². The van der Waals surface area contributed by atoms with Gasteiger partial charge in [0.1, 0.15) is 22.2 Å². The van der Waals surface area contributed by atoms with Crippen LogP contribution in [-0.2, 0) is 0 Å². The molecule has 0 bridgehead atoms. The van der Waals surface area contributed by atoms with Gasteiger partial charge in [-0.2, -0.15) is 5.10 Å². The highest BCUT2D eigenvalue weighted by Gasteiger charge is 2.34. The van der Waals surface area contributed by atoms with Crippen LogP contribution in [0.2, 0.25) is 5.15 Å². The van der Waals surface area contributed by atoms with Gasteiger partial charge in [0.15, 0.2) is 5.82 Å². The van der Waals surface area contributed by atoms with Crippen molar-refractivity contribution in [2.24, 2.45) is 0 Å². The third kappa shape index (κ3) is 2.06. The van der Waals surface area contributed by atoms with Gasteiger partial charge in [-0.3, -0.25) is 0 Å². The molecule has 0 amide bonds. The summed E-state index contributed by atoms with van der Waals surface area (Å²) in [6.07, 6.45) is 1.67. The number of nitrogens with zero attached hydrogens (tertiary/aromatic N) is 2. The number of aromatic carboxylic acids is 1. The Hall–Kier alpha value is -1.95.